The first-order chi connectivity index (χ1) is 15.0. The maximum absolute atomic E-state index is 12.1. The van der Waals surface area contributed by atoms with E-state index < -0.39 is 18.4 Å². The first kappa shape index (κ1) is 21.9. The fourth-order valence-electron chi connectivity index (χ4n) is 2.65. The zero-order chi connectivity index (χ0) is 22.2. The van der Waals surface area contributed by atoms with Crippen LogP contribution in [0.2, 0.25) is 0 Å². The molecule has 1 aromatic carbocycles. The number of nitrogens with two attached hydrogens (primary N) is 1. The monoisotopic (exact) mass is 437 g/mol. The molecule has 0 bridgehead atoms. The van der Waals surface area contributed by atoms with E-state index in [4.69, 9.17) is 20.1 Å². The molecule has 3 aromatic rings. The molecule has 31 heavy (non-hydrogen) atoms. The van der Waals surface area contributed by atoms with Crippen LogP contribution in [0, 0.1) is 11.3 Å². The molecule has 2 heterocycles. The van der Waals surface area contributed by atoms with Crippen LogP contribution in [0.5, 0.6) is 0 Å². The summed E-state index contributed by atoms with van der Waals surface area (Å²) in [5, 5.41) is 17.8. The smallest absolute Gasteiger partial charge is 0.316 e. The van der Waals surface area contributed by atoms with Gasteiger partial charge in [0.2, 0.25) is 11.6 Å². The first-order valence-electron chi connectivity index (χ1n) is 9.18. The number of allylic oxidation sites excluding steroid dienone is 1. The lowest BCUT2D eigenvalue weighted by molar-refractivity contribution is -0.144. The zero-order valence-electron chi connectivity index (χ0n) is 16.6. The third-order valence-corrected chi connectivity index (χ3v) is 5.05. The predicted molar refractivity (Wildman–Crippen MR) is 112 cm³/mol. The van der Waals surface area contributed by atoms with Crippen LogP contribution in [0.4, 0.5) is 0 Å². The number of thioether (sulfide) groups is 1. The summed E-state index contributed by atoms with van der Waals surface area (Å²) in [6.45, 7) is 1.36. The topological polar surface area (TPSA) is 137 Å². The van der Waals surface area contributed by atoms with Crippen molar-refractivity contribution in [2.75, 3.05) is 12.4 Å². The second-order valence-corrected chi connectivity index (χ2v) is 7.34. The van der Waals surface area contributed by atoms with E-state index in [1.807, 2.05) is 34.9 Å². The Morgan fingerprint density at radius 1 is 1.23 bits per heavy atom. The number of esters is 1. The minimum atomic E-state index is -0.645. The van der Waals surface area contributed by atoms with E-state index >= 15 is 0 Å². The highest BCUT2D eigenvalue weighted by Crippen LogP contribution is 2.25. The summed E-state index contributed by atoms with van der Waals surface area (Å²) in [5.74, 6) is -0.281. The molecule has 2 aromatic heterocycles. The van der Waals surface area contributed by atoms with E-state index in [-0.39, 0.29) is 17.0 Å². The van der Waals surface area contributed by atoms with E-state index in [1.54, 1.807) is 24.5 Å². The van der Waals surface area contributed by atoms with Gasteiger partial charge in [0.25, 0.3) is 0 Å². The molecular formula is C21H19N5O4S. The van der Waals surface area contributed by atoms with Crippen molar-refractivity contribution >= 4 is 23.5 Å². The maximum Gasteiger partial charge on any atom is 0.316 e. The van der Waals surface area contributed by atoms with Crippen LogP contribution >= 0.6 is 11.8 Å². The number of Topliss-reactive ketones (excluding diaryl/α,β-unsaturated/α-hetero) is 1. The van der Waals surface area contributed by atoms with Crippen LogP contribution in [0.25, 0.3) is 11.6 Å². The van der Waals surface area contributed by atoms with Gasteiger partial charge in [-0.1, -0.05) is 42.1 Å². The Kier molecular flexibility index (Phi) is 7.24. The molecule has 0 amide bonds. The number of hydrogen-bond acceptors (Lipinski definition) is 9. The van der Waals surface area contributed by atoms with Gasteiger partial charge in [-0.25, -0.2) is 0 Å². The molecular weight excluding hydrogens is 418 g/mol. The van der Waals surface area contributed by atoms with Gasteiger partial charge >= 0.3 is 5.97 Å². The van der Waals surface area contributed by atoms with Gasteiger partial charge in [-0.15, -0.1) is 10.2 Å². The molecule has 10 heteroatoms. The van der Waals surface area contributed by atoms with Gasteiger partial charge in [-0.3, -0.25) is 14.2 Å². The van der Waals surface area contributed by atoms with Crippen molar-refractivity contribution in [3.05, 3.63) is 65.6 Å². The van der Waals surface area contributed by atoms with E-state index in [0.29, 0.717) is 23.3 Å². The van der Waals surface area contributed by atoms with Crippen molar-refractivity contribution in [3.63, 3.8) is 0 Å². The van der Waals surface area contributed by atoms with E-state index in [2.05, 4.69) is 10.2 Å². The molecule has 0 saturated carbocycles. The molecule has 2 N–H and O–H groups in total. The second-order valence-electron chi connectivity index (χ2n) is 6.40. The van der Waals surface area contributed by atoms with Crippen molar-refractivity contribution in [2.24, 2.45) is 5.73 Å². The van der Waals surface area contributed by atoms with Crippen LogP contribution in [-0.4, -0.2) is 38.9 Å². The van der Waals surface area contributed by atoms with Crippen LogP contribution < -0.4 is 5.73 Å². The van der Waals surface area contributed by atoms with Gasteiger partial charge in [-0.05, 0) is 24.6 Å². The largest absolute Gasteiger partial charge is 0.461 e. The molecule has 0 atom stereocenters. The molecule has 9 nitrogen and oxygen atoms in total. The van der Waals surface area contributed by atoms with Crippen molar-refractivity contribution < 1.29 is 18.7 Å². The number of carbonyl (C=O) groups is 2. The molecule has 158 valence electrons. The Labute approximate surface area is 182 Å². The predicted octanol–water partition coefficient (Wildman–Crippen LogP) is 2.55. The van der Waals surface area contributed by atoms with E-state index in [9.17, 15) is 9.59 Å². The molecule has 0 radical (unpaired) electrons. The average molecular weight is 437 g/mol. The Hall–Kier alpha value is -3.84. The van der Waals surface area contributed by atoms with Gasteiger partial charge < -0.3 is 14.9 Å². The van der Waals surface area contributed by atoms with Crippen molar-refractivity contribution in [3.8, 4) is 17.7 Å². The quantitative estimate of drug-likeness (QED) is 0.232. The van der Waals surface area contributed by atoms with Gasteiger partial charge in [0.15, 0.2) is 17.5 Å². The lowest BCUT2D eigenvalue weighted by Gasteiger charge is -2.09. The van der Waals surface area contributed by atoms with Crippen LogP contribution in [0.15, 0.2) is 69.6 Å². The van der Waals surface area contributed by atoms with E-state index in [1.165, 1.54) is 6.92 Å². The number of nitrogens with zero attached hydrogens (tertiary/aromatic N) is 4. The van der Waals surface area contributed by atoms with Gasteiger partial charge in [0.05, 0.1) is 18.6 Å². The van der Waals surface area contributed by atoms with Crippen LogP contribution in [-0.2, 0) is 20.9 Å². The molecule has 0 unspecified atom stereocenters. The number of rotatable bonds is 9. The highest BCUT2D eigenvalue weighted by molar-refractivity contribution is 7.99. The number of carbonyl (C=O) groups excluding carboxylic acids is 2. The number of aromatic nitrogens is 3. The second kappa shape index (κ2) is 10.3. The van der Waals surface area contributed by atoms with Gasteiger partial charge in [-0.2, -0.15) is 5.26 Å². The molecule has 3 rings (SSSR count). The summed E-state index contributed by atoms with van der Waals surface area (Å²) in [5.41, 5.74) is 6.37. The number of hydrogen-bond donors (Lipinski definition) is 1. The highest BCUT2D eigenvalue weighted by atomic mass is 32.2. The van der Waals surface area contributed by atoms with Crippen LogP contribution in [0.1, 0.15) is 12.5 Å². The summed E-state index contributed by atoms with van der Waals surface area (Å²) in [4.78, 5) is 24.0. The Morgan fingerprint density at radius 3 is 2.65 bits per heavy atom. The fourth-order valence-corrected chi connectivity index (χ4v) is 3.38. The average Bonchev–Trinajstić information content (AvgIpc) is 3.42. The molecule has 0 aliphatic rings. The molecule has 0 saturated heterocycles. The van der Waals surface area contributed by atoms with Crippen molar-refractivity contribution in [2.45, 2.75) is 18.6 Å². The summed E-state index contributed by atoms with van der Waals surface area (Å²) in [6.07, 6.45) is 1.55. The number of benzene rings is 1. The maximum atomic E-state index is 12.1. The minimum absolute atomic E-state index is 0.0809. The van der Waals surface area contributed by atoms with Gasteiger partial charge in [0, 0.05) is 5.70 Å². The molecule has 0 aliphatic heterocycles. The highest BCUT2D eigenvalue weighted by Gasteiger charge is 2.19. The number of nitriles is 1. The lowest BCUT2D eigenvalue weighted by atomic mass is 10.1. The number of ether oxygens (including phenoxy) is 1. The Bertz CT molecular complexity index is 1130. The standard InChI is InChI=1S/C21H19N5O4S/c1-14(23)16(10-22)17(27)12-30-19(28)13-31-21-25-24-20(18-8-5-9-29-18)26(21)11-15-6-3-2-4-7-15/h2-9H,11-13,23H2,1H3. The van der Waals surface area contributed by atoms with E-state index in [0.717, 1.165) is 17.3 Å². The zero-order valence-corrected chi connectivity index (χ0v) is 17.5. The number of furan rings is 1. The first-order valence-corrected chi connectivity index (χ1v) is 10.2. The Morgan fingerprint density at radius 2 is 2.00 bits per heavy atom. The number of ketones is 1. The van der Waals surface area contributed by atoms with Crippen molar-refractivity contribution in [1.82, 2.24) is 14.8 Å². The summed E-state index contributed by atoms with van der Waals surface area (Å²) < 4.78 is 12.3. The lowest BCUT2D eigenvalue weighted by Crippen LogP contribution is -2.18. The molecule has 0 spiro atoms. The fraction of sp³-hybridized carbons (Fsp3) is 0.190. The Balaban J connectivity index is 1.69. The summed E-state index contributed by atoms with van der Waals surface area (Å²) in [7, 11) is 0. The molecule has 0 aliphatic carbocycles. The SMILES string of the molecule is CC(N)=C(C#N)C(=O)COC(=O)CSc1nnc(-c2ccco2)n1Cc1ccccc1. The third kappa shape index (κ3) is 5.61. The minimum Gasteiger partial charge on any atom is -0.461 e. The summed E-state index contributed by atoms with van der Waals surface area (Å²) in [6, 6.07) is 15.0. The van der Waals surface area contributed by atoms with Gasteiger partial charge in [0.1, 0.15) is 11.6 Å². The summed E-state index contributed by atoms with van der Waals surface area (Å²) >= 11 is 1.12. The van der Waals surface area contributed by atoms with Crippen molar-refractivity contribution in [1.29, 1.82) is 5.26 Å². The third-order valence-electron chi connectivity index (χ3n) is 4.11. The van der Waals surface area contributed by atoms with Crippen LogP contribution in [0.3, 0.4) is 0 Å². The normalized spacial score (nSPS) is 11.5. The molecule has 0 fully saturated rings.